The summed E-state index contributed by atoms with van der Waals surface area (Å²) < 4.78 is 4.83. The maximum atomic E-state index is 11.7. The summed E-state index contributed by atoms with van der Waals surface area (Å²) in [5.41, 5.74) is 0. The molecule has 0 saturated heterocycles. The third-order valence-electron chi connectivity index (χ3n) is 2.36. The number of halogens is 2. The number of amides is 2. The number of nitrogens with one attached hydrogen (secondary N) is 1. The molecule has 0 radical (unpaired) electrons. The molecule has 0 saturated carbocycles. The molecule has 1 N–H and O–H groups in total. The number of carbonyl (C=O) groups excluding carboxylic acids is 1. The second-order valence-corrected chi connectivity index (χ2v) is 4.79. The highest BCUT2D eigenvalue weighted by Crippen LogP contribution is 2.11. The summed E-state index contributed by atoms with van der Waals surface area (Å²) in [5.74, 6) is 1.20. The maximum absolute atomic E-state index is 11.7. The molecular weight excluding hydrogens is 291 g/mol. The van der Waals surface area contributed by atoms with Gasteiger partial charge in [0.1, 0.15) is 11.6 Å². The van der Waals surface area contributed by atoms with E-state index in [2.05, 4.69) is 15.5 Å². The van der Waals surface area contributed by atoms with E-state index in [0.717, 1.165) is 0 Å². The molecule has 1 rings (SSSR count). The summed E-state index contributed by atoms with van der Waals surface area (Å²) in [4.78, 5) is 16.6. The van der Waals surface area contributed by atoms with E-state index in [1.165, 1.54) is 0 Å². The van der Waals surface area contributed by atoms with Crippen molar-refractivity contribution in [3.05, 3.63) is 11.8 Å². The minimum atomic E-state index is -0.871. The van der Waals surface area contributed by atoms with Gasteiger partial charge in [-0.2, -0.15) is 4.99 Å². The first-order valence-corrected chi connectivity index (χ1v) is 6.71. The minimum absolute atomic E-state index is 0.297. The second kappa shape index (κ2) is 7.35. The number of alkyl halides is 2. The highest BCUT2D eigenvalue weighted by Gasteiger charge is 2.17. The highest BCUT2D eigenvalue weighted by atomic mass is 35.5. The van der Waals surface area contributed by atoms with Gasteiger partial charge >= 0.3 is 6.03 Å². The zero-order chi connectivity index (χ0) is 14.4. The van der Waals surface area contributed by atoms with Crippen LogP contribution in [0, 0.1) is 6.92 Å². The van der Waals surface area contributed by atoms with Gasteiger partial charge in [0.25, 0.3) is 0 Å². The van der Waals surface area contributed by atoms with Crippen molar-refractivity contribution in [1.29, 1.82) is 0 Å². The number of aryl methyl sites for hydroxylation is 1. The van der Waals surface area contributed by atoms with Crippen molar-refractivity contribution in [2.45, 2.75) is 25.6 Å². The molecule has 0 aromatic carbocycles. The Morgan fingerprint density at radius 2 is 2.16 bits per heavy atom. The highest BCUT2D eigenvalue weighted by molar-refractivity contribution is 6.54. The standard InChI is InChI=1S/C11H16Cl2N4O2/c1-4-17(5-2)10(9(12)13)15-11(18)14-8-6-7(3)19-16-8/h6,9H,4-5H2,1-3H3,(H,14,16,18). The van der Waals surface area contributed by atoms with Crippen LogP contribution < -0.4 is 5.32 Å². The molecule has 0 aliphatic carbocycles. The van der Waals surface area contributed by atoms with Crippen molar-refractivity contribution in [3.63, 3.8) is 0 Å². The van der Waals surface area contributed by atoms with Crippen LogP contribution in [0.2, 0.25) is 0 Å². The van der Waals surface area contributed by atoms with Crippen LogP contribution in [0.15, 0.2) is 15.6 Å². The first-order valence-electron chi connectivity index (χ1n) is 5.83. The number of nitrogens with zero attached hydrogens (tertiary/aromatic N) is 3. The SMILES string of the molecule is CCN(CC)C(=NC(=O)Nc1cc(C)on1)C(Cl)Cl. The van der Waals surface area contributed by atoms with Crippen LogP contribution in [0.4, 0.5) is 10.6 Å². The summed E-state index contributed by atoms with van der Waals surface area (Å²) in [6.07, 6.45) is 0. The van der Waals surface area contributed by atoms with Crippen LogP contribution in [0.25, 0.3) is 0 Å². The zero-order valence-corrected chi connectivity index (χ0v) is 12.5. The molecule has 2 amide bonds. The first kappa shape index (κ1) is 15.8. The van der Waals surface area contributed by atoms with Gasteiger partial charge in [-0.1, -0.05) is 28.4 Å². The van der Waals surface area contributed by atoms with Gasteiger partial charge in [-0.25, -0.2) is 4.79 Å². The van der Waals surface area contributed by atoms with Crippen molar-refractivity contribution in [1.82, 2.24) is 10.1 Å². The number of anilines is 1. The van der Waals surface area contributed by atoms with Gasteiger partial charge in [0.05, 0.1) is 0 Å². The molecule has 8 heteroatoms. The van der Waals surface area contributed by atoms with Crippen LogP contribution in [-0.4, -0.2) is 39.8 Å². The van der Waals surface area contributed by atoms with E-state index in [4.69, 9.17) is 27.7 Å². The number of rotatable bonds is 4. The van der Waals surface area contributed by atoms with Gasteiger partial charge in [0.2, 0.25) is 0 Å². The zero-order valence-electron chi connectivity index (χ0n) is 11.0. The number of hydrogen-bond acceptors (Lipinski definition) is 3. The quantitative estimate of drug-likeness (QED) is 0.527. The fraction of sp³-hybridized carbons (Fsp3) is 0.545. The Bertz CT molecular complexity index is 455. The summed E-state index contributed by atoms with van der Waals surface area (Å²) in [7, 11) is 0. The Morgan fingerprint density at radius 3 is 2.58 bits per heavy atom. The molecule has 6 nitrogen and oxygen atoms in total. The summed E-state index contributed by atoms with van der Waals surface area (Å²) in [6, 6.07) is 0.991. The van der Waals surface area contributed by atoms with Crippen molar-refractivity contribution in [3.8, 4) is 0 Å². The second-order valence-electron chi connectivity index (χ2n) is 3.70. The number of carbonyl (C=O) groups is 1. The van der Waals surface area contributed by atoms with E-state index < -0.39 is 10.9 Å². The van der Waals surface area contributed by atoms with Crippen molar-refractivity contribution in [2.75, 3.05) is 18.4 Å². The average Bonchev–Trinajstić information content (AvgIpc) is 2.74. The molecule has 19 heavy (non-hydrogen) atoms. The molecule has 1 aromatic heterocycles. The Kier molecular flexibility index (Phi) is 6.11. The fourth-order valence-corrected chi connectivity index (χ4v) is 1.85. The molecular formula is C11H16Cl2N4O2. The molecule has 0 aliphatic rings. The summed E-state index contributed by atoms with van der Waals surface area (Å²) >= 11 is 11.7. The van der Waals surface area contributed by atoms with Crippen molar-refractivity contribution >= 4 is 40.9 Å². The van der Waals surface area contributed by atoms with Gasteiger partial charge in [0.15, 0.2) is 10.7 Å². The molecule has 1 aromatic rings. The van der Waals surface area contributed by atoms with E-state index in [0.29, 0.717) is 30.5 Å². The number of urea groups is 1. The molecule has 0 fully saturated rings. The number of aliphatic imine (C=N–C) groups is 1. The van der Waals surface area contributed by atoms with Crippen LogP contribution in [0.3, 0.4) is 0 Å². The van der Waals surface area contributed by atoms with Crippen LogP contribution in [0.1, 0.15) is 19.6 Å². The van der Waals surface area contributed by atoms with Crippen LogP contribution in [-0.2, 0) is 0 Å². The number of amidine groups is 1. The molecule has 0 aliphatic heterocycles. The largest absolute Gasteiger partial charge is 0.360 e. The maximum Gasteiger partial charge on any atom is 0.348 e. The Balaban J connectivity index is 2.80. The average molecular weight is 307 g/mol. The third kappa shape index (κ3) is 4.72. The minimum Gasteiger partial charge on any atom is -0.360 e. The van der Waals surface area contributed by atoms with E-state index in [1.807, 2.05) is 13.8 Å². The normalized spacial score (nSPS) is 11.8. The molecule has 0 spiro atoms. The van der Waals surface area contributed by atoms with E-state index in [1.54, 1.807) is 17.9 Å². The molecule has 0 bridgehead atoms. The van der Waals surface area contributed by atoms with Gasteiger partial charge < -0.3 is 9.42 Å². The molecule has 0 unspecified atom stereocenters. The predicted molar refractivity (Wildman–Crippen MR) is 76.1 cm³/mol. The lowest BCUT2D eigenvalue weighted by molar-refractivity contribution is 0.259. The smallest absolute Gasteiger partial charge is 0.348 e. The van der Waals surface area contributed by atoms with Crippen molar-refractivity contribution < 1.29 is 9.32 Å². The van der Waals surface area contributed by atoms with Crippen LogP contribution >= 0.6 is 23.2 Å². The summed E-state index contributed by atoms with van der Waals surface area (Å²) in [6.45, 7) is 6.88. The van der Waals surface area contributed by atoms with Gasteiger partial charge in [0, 0.05) is 19.2 Å². The fourth-order valence-electron chi connectivity index (χ4n) is 1.47. The van der Waals surface area contributed by atoms with Crippen LogP contribution in [0.5, 0.6) is 0 Å². The summed E-state index contributed by atoms with van der Waals surface area (Å²) in [5, 5.41) is 6.11. The van der Waals surface area contributed by atoms with E-state index in [9.17, 15) is 4.79 Å². The molecule has 0 atom stereocenters. The van der Waals surface area contributed by atoms with E-state index >= 15 is 0 Å². The first-order chi connectivity index (χ1) is 8.97. The monoisotopic (exact) mass is 306 g/mol. The molecule has 1 heterocycles. The van der Waals surface area contributed by atoms with Gasteiger partial charge in [-0.3, -0.25) is 5.32 Å². The Hall–Kier alpha value is -1.27. The van der Waals surface area contributed by atoms with E-state index in [-0.39, 0.29) is 0 Å². The molecule has 106 valence electrons. The van der Waals surface area contributed by atoms with Crippen molar-refractivity contribution in [2.24, 2.45) is 4.99 Å². The lowest BCUT2D eigenvalue weighted by atomic mass is 10.4. The Morgan fingerprint density at radius 1 is 1.53 bits per heavy atom. The number of hydrogen-bond donors (Lipinski definition) is 1. The predicted octanol–water partition coefficient (Wildman–Crippen LogP) is 3.06. The number of aromatic nitrogens is 1. The Labute approximate surface area is 121 Å². The topological polar surface area (TPSA) is 70.7 Å². The lowest BCUT2D eigenvalue weighted by Gasteiger charge is -2.23. The lowest BCUT2D eigenvalue weighted by Crippen LogP contribution is -2.36. The third-order valence-corrected chi connectivity index (χ3v) is 2.75. The van der Waals surface area contributed by atoms with Gasteiger partial charge in [-0.05, 0) is 20.8 Å². The van der Waals surface area contributed by atoms with Gasteiger partial charge in [-0.15, -0.1) is 0 Å².